The van der Waals surface area contributed by atoms with E-state index in [1.165, 1.54) is 18.2 Å². The summed E-state index contributed by atoms with van der Waals surface area (Å²) in [5.41, 5.74) is -1.17. The van der Waals surface area contributed by atoms with Crippen LogP contribution in [-0.4, -0.2) is 22.4 Å². The maximum atomic E-state index is 11.8. The third-order valence-electron chi connectivity index (χ3n) is 2.77. The van der Waals surface area contributed by atoms with Crippen molar-refractivity contribution in [3.05, 3.63) is 66.7 Å². The number of hydrogen-bond acceptors (Lipinski definition) is 7. The SMILES string of the molecule is O=C(COc1ccc(Cl)cc1Cl)Oc1cc([N+](=O)[O-])cc([N+](=O)[O-])c1. The van der Waals surface area contributed by atoms with Gasteiger partial charge in [-0.2, -0.15) is 0 Å². The standard InChI is InChI=1S/C14H8Cl2N2O7/c15-8-1-2-13(12(16)3-8)24-7-14(19)25-11-5-9(17(20)21)4-10(6-11)18(22)23/h1-6H,7H2. The Hall–Kier alpha value is -2.91. The summed E-state index contributed by atoms with van der Waals surface area (Å²) in [6, 6.07) is 6.88. The van der Waals surface area contributed by atoms with Gasteiger partial charge < -0.3 is 9.47 Å². The zero-order valence-electron chi connectivity index (χ0n) is 12.2. The molecule has 0 aliphatic heterocycles. The average Bonchev–Trinajstić information content (AvgIpc) is 2.53. The number of nitro groups is 2. The van der Waals surface area contributed by atoms with Crippen LogP contribution in [0.25, 0.3) is 0 Å². The summed E-state index contributed by atoms with van der Waals surface area (Å²) in [6.45, 7) is -0.572. The van der Waals surface area contributed by atoms with Crippen LogP contribution in [0.15, 0.2) is 36.4 Å². The number of rotatable bonds is 6. The summed E-state index contributed by atoms with van der Waals surface area (Å²) >= 11 is 11.6. The van der Waals surface area contributed by atoms with Gasteiger partial charge in [0.25, 0.3) is 11.4 Å². The van der Waals surface area contributed by atoms with Crippen LogP contribution in [0.5, 0.6) is 11.5 Å². The molecular formula is C14H8Cl2N2O7. The normalized spacial score (nSPS) is 10.2. The molecule has 2 rings (SSSR count). The molecule has 25 heavy (non-hydrogen) atoms. The first-order valence-corrected chi connectivity index (χ1v) is 7.24. The second-order valence-corrected chi connectivity index (χ2v) is 5.38. The summed E-state index contributed by atoms with van der Waals surface area (Å²) in [4.78, 5) is 31.7. The fourth-order valence-corrected chi connectivity index (χ4v) is 2.19. The van der Waals surface area contributed by atoms with Crippen molar-refractivity contribution in [3.8, 4) is 11.5 Å². The van der Waals surface area contributed by atoms with Crippen LogP contribution in [0.4, 0.5) is 11.4 Å². The Morgan fingerprint density at radius 1 is 1.00 bits per heavy atom. The molecule has 0 unspecified atom stereocenters. The van der Waals surface area contributed by atoms with Crippen LogP contribution < -0.4 is 9.47 Å². The molecule has 130 valence electrons. The molecule has 11 heteroatoms. The van der Waals surface area contributed by atoms with Crippen molar-refractivity contribution < 1.29 is 24.1 Å². The van der Waals surface area contributed by atoms with E-state index in [1.807, 2.05) is 0 Å². The molecule has 0 amide bonds. The van der Waals surface area contributed by atoms with Gasteiger partial charge in [0.1, 0.15) is 11.5 Å². The Morgan fingerprint density at radius 3 is 2.12 bits per heavy atom. The Bertz CT molecular complexity index is 825. The average molecular weight is 387 g/mol. The molecule has 2 aromatic rings. The number of non-ortho nitro benzene ring substituents is 2. The predicted octanol–water partition coefficient (Wildman–Crippen LogP) is 3.79. The lowest BCUT2D eigenvalue weighted by atomic mass is 10.2. The number of halogens is 2. The maximum Gasteiger partial charge on any atom is 0.349 e. The van der Waals surface area contributed by atoms with Crippen LogP contribution in [-0.2, 0) is 4.79 Å². The molecule has 0 aromatic heterocycles. The fourth-order valence-electron chi connectivity index (χ4n) is 1.73. The van der Waals surface area contributed by atoms with E-state index in [1.54, 1.807) is 0 Å². The van der Waals surface area contributed by atoms with Gasteiger partial charge in [-0.1, -0.05) is 23.2 Å². The highest BCUT2D eigenvalue weighted by molar-refractivity contribution is 6.35. The van der Waals surface area contributed by atoms with Gasteiger partial charge in [-0.05, 0) is 18.2 Å². The van der Waals surface area contributed by atoms with Crippen molar-refractivity contribution in [1.29, 1.82) is 0 Å². The Labute approximate surface area is 150 Å². The monoisotopic (exact) mass is 386 g/mol. The van der Waals surface area contributed by atoms with E-state index in [4.69, 9.17) is 32.7 Å². The first-order chi connectivity index (χ1) is 11.8. The van der Waals surface area contributed by atoms with E-state index in [-0.39, 0.29) is 16.5 Å². The Kier molecular flexibility index (Phi) is 5.73. The van der Waals surface area contributed by atoms with E-state index in [0.717, 1.165) is 18.2 Å². The van der Waals surface area contributed by atoms with Gasteiger partial charge >= 0.3 is 5.97 Å². The lowest BCUT2D eigenvalue weighted by molar-refractivity contribution is -0.394. The van der Waals surface area contributed by atoms with Crippen LogP contribution in [0.1, 0.15) is 0 Å². The minimum Gasteiger partial charge on any atom is -0.480 e. The quantitative estimate of drug-likeness (QED) is 0.320. The van der Waals surface area contributed by atoms with E-state index < -0.39 is 33.8 Å². The highest BCUT2D eigenvalue weighted by Gasteiger charge is 2.19. The number of hydrogen-bond donors (Lipinski definition) is 0. The minimum absolute atomic E-state index is 0.172. The van der Waals surface area contributed by atoms with Crippen molar-refractivity contribution in [1.82, 2.24) is 0 Å². The zero-order chi connectivity index (χ0) is 18.6. The van der Waals surface area contributed by atoms with E-state index in [2.05, 4.69) is 0 Å². The lowest BCUT2D eigenvalue weighted by Crippen LogP contribution is -2.18. The van der Waals surface area contributed by atoms with Gasteiger partial charge in [-0.25, -0.2) is 4.79 Å². The smallest absolute Gasteiger partial charge is 0.349 e. The van der Waals surface area contributed by atoms with Crippen molar-refractivity contribution in [2.24, 2.45) is 0 Å². The molecule has 0 atom stereocenters. The lowest BCUT2D eigenvalue weighted by Gasteiger charge is -2.08. The van der Waals surface area contributed by atoms with Crippen molar-refractivity contribution in [2.45, 2.75) is 0 Å². The van der Waals surface area contributed by atoms with Gasteiger partial charge in [-0.3, -0.25) is 20.2 Å². The largest absolute Gasteiger partial charge is 0.480 e. The molecule has 2 aromatic carbocycles. The number of benzene rings is 2. The van der Waals surface area contributed by atoms with Crippen LogP contribution in [0.2, 0.25) is 10.0 Å². The van der Waals surface area contributed by atoms with Gasteiger partial charge in [0.2, 0.25) is 0 Å². The van der Waals surface area contributed by atoms with E-state index >= 15 is 0 Å². The van der Waals surface area contributed by atoms with Crippen molar-refractivity contribution in [3.63, 3.8) is 0 Å². The number of nitro benzene ring substituents is 2. The highest BCUT2D eigenvalue weighted by atomic mass is 35.5. The fraction of sp³-hybridized carbons (Fsp3) is 0.0714. The first kappa shape index (κ1) is 18.4. The molecular weight excluding hydrogens is 379 g/mol. The maximum absolute atomic E-state index is 11.8. The third kappa shape index (κ3) is 5.03. The summed E-state index contributed by atoms with van der Waals surface area (Å²) in [5, 5.41) is 22.1. The molecule has 0 saturated heterocycles. The molecule has 0 radical (unpaired) electrons. The van der Waals surface area contributed by atoms with Gasteiger partial charge in [0, 0.05) is 5.02 Å². The molecule has 0 fully saturated rings. The Morgan fingerprint density at radius 2 is 1.60 bits per heavy atom. The Balaban J connectivity index is 2.09. The molecule has 0 bridgehead atoms. The molecule has 0 heterocycles. The topological polar surface area (TPSA) is 122 Å². The molecule has 0 aliphatic rings. The van der Waals surface area contributed by atoms with Crippen LogP contribution in [0, 0.1) is 20.2 Å². The van der Waals surface area contributed by atoms with Gasteiger partial charge in [0.15, 0.2) is 6.61 Å². The summed E-state index contributed by atoms with van der Waals surface area (Å²) in [6.07, 6.45) is 0. The first-order valence-electron chi connectivity index (χ1n) is 6.48. The second kappa shape index (κ2) is 7.77. The van der Waals surface area contributed by atoms with E-state index in [0.29, 0.717) is 5.02 Å². The van der Waals surface area contributed by atoms with E-state index in [9.17, 15) is 25.0 Å². The number of ether oxygens (including phenoxy) is 2. The zero-order valence-corrected chi connectivity index (χ0v) is 13.7. The molecule has 0 saturated carbocycles. The third-order valence-corrected chi connectivity index (χ3v) is 3.30. The minimum atomic E-state index is -0.930. The molecule has 9 nitrogen and oxygen atoms in total. The molecule has 0 aliphatic carbocycles. The van der Waals surface area contributed by atoms with Gasteiger partial charge in [-0.15, -0.1) is 0 Å². The number of nitrogens with zero attached hydrogens (tertiary/aromatic N) is 2. The van der Waals surface area contributed by atoms with Crippen LogP contribution >= 0.6 is 23.2 Å². The summed E-state index contributed by atoms with van der Waals surface area (Å²) < 4.78 is 9.99. The van der Waals surface area contributed by atoms with Gasteiger partial charge in [0.05, 0.1) is 33.1 Å². The molecule has 0 spiro atoms. The van der Waals surface area contributed by atoms with Crippen molar-refractivity contribution >= 4 is 40.5 Å². The summed E-state index contributed by atoms with van der Waals surface area (Å²) in [5.74, 6) is -1.11. The molecule has 0 N–H and O–H groups in total. The van der Waals surface area contributed by atoms with Crippen LogP contribution in [0.3, 0.4) is 0 Å². The van der Waals surface area contributed by atoms with Crippen molar-refractivity contribution in [2.75, 3.05) is 6.61 Å². The highest BCUT2D eigenvalue weighted by Crippen LogP contribution is 2.29. The number of carbonyl (C=O) groups excluding carboxylic acids is 1. The summed E-state index contributed by atoms with van der Waals surface area (Å²) in [7, 11) is 0. The second-order valence-electron chi connectivity index (χ2n) is 4.54. The number of esters is 1. The number of carbonyl (C=O) groups is 1. The predicted molar refractivity (Wildman–Crippen MR) is 87.3 cm³/mol.